The fourth-order valence-corrected chi connectivity index (χ4v) is 5.17. The van der Waals surface area contributed by atoms with Crippen LogP contribution >= 0.6 is 11.3 Å². The molecule has 0 atom stereocenters. The molecule has 0 aliphatic heterocycles. The zero-order valence-corrected chi connectivity index (χ0v) is 17.6. The number of carbonyl (C=O) groups excluding carboxylic acids is 1. The fourth-order valence-electron chi connectivity index (χ4n) is 4.31. The van der Waals surface area contributed by atoms with Gasteiger partial charge in [0.25, 0.3) is 0 Å². The van der Waals surface area contributed by atoms with Crippen LogP contribution in [-0.2, 0) is 0 Å². The van der Waals surface area contributed by atoms with Gasteiger partial charge in [0, 0.05) is 39.3 Å². The Morgan fingerprint density at radius 2 is 1.90 bits per heavy atom. The number of pyridine rings is 1. The van der Waals surface area contributed by atoms with Gasteiger partial charge in [0.15, 0.2) is 5.78 Å². The Hall–Kier alpha value is -2.24. The summed E-state index contributed by atoms with van der Waals surface area (Å²) in [5.74, 6) is 0.421. The first-order valence-electron chi connectivity index (χ1n) is 10.6. The van der Waals surface area contributed by atoms with Crippen LogP contribution in [0.2, 0.25) is 0 Å². The second-order valence-electron chi connectivity index (χ2n) is 8.58. The van der Waals surface area contributed by atoms with E-state index < -0.39 is 0 Å². The Labute approximate surface area is 175 Å². The zero-order valence-electron chi connectivity index (χ0n) is 16.8. The van der Waals surface area contributed by atoms with Crippen LogP contribution in [0.4, 0.5) is 5.69 Å². The van der Waals surface area contributed by atoms with E-state index in [1.807, 2.05) is 0 Å². The number of nitrogens with zero attached hydrogens (tertiary/aromatic N) is 1. The molecule has 4 nitrogen and oxygen atoms in total. The molecule has 29 heavy (non-hydrogen) atoms. The number of rotatable bonds is 5. The highest BCUT2D eigenvalue weighted by Gasteiger charge is 2.33. The van der Waals surface area contributed by atoms with Gasteiger partial charge in [-0.25, -0.2) is 0 Å². The number of Topliss-reactive ketones (excluding diaryl/α,β-unsaturated/α-hetero) is 1. The number of benzene rings is 1. The predicted octanol–water partition coefficient (Wildman–Crippen LogP) is 5.55. The number of hydrogen-bond acceptors (Lipinski definition) is 5. The minimum absolute atomic E-state index is 0.178. The lowest BCUT2D eigenvalue weighted by Crippen LogP contribution is -2.33. The molecule has 2 saturated carbocycles. The maximum absolute atomic E-state index is 13.0. The summed E-state index contributed by atoms with van der Waals surface area (Å²) >= 11 is 1.79. The molecular weight excluding hydrogens is 378 g/mol. The molecule has 2 aliphatic carbocycles. The van der Waals surface area contributed by atoms with Crippen molar-refractivity contribution in [2.45, 2.75) is 57.5 Å². The molecule has 0 spiro atoms. The van der Waals surface area contributed by atoms with Gasteiger partial charge in [-0.3, -0.25) is 9.78 Å². The highest BCUT2D eigenvalue weighted by molar-refractivity contribution is 7.15. The number of thiophene rings is 1. The van der Waals surface area contributed by atoms with E-state index in [0.717, 1.165) is 60.7 Å². The molecule has 1 aromatic carbocycles. The average Bonchev–Trinajstić information content (AvgIpc) is 3.49. The number of carbonyl (C=O) groups is 1. The lowest BCUT2D eigenvalue weighted by molar-refractivity contribution is 0.0968. The first-order valence-corrected chi connectivity index (χ1v) is 11.5. The molecule has 150 valence electrons. The van der Waals surface area contributed by atoms with Crippen LogP contribution in [0.15, 0.2) is 36.5 Å². The summed E-state index contributed by atoms with van der Waals surface area (Å²) in [4.78, 5) is 20.2. The minimum atomic E-state index is 0.178. The Kier molecular flexibility index (Phi) is 4.88. The monoisotopic (exact) mass is 405 g/mol. The van der Waals surface area contributed by atoms with E-state index in [1.54, 1.807) is 17.5 Å². The summed E-state index contributed by atoms with van der Waals surface area (Å²) in [5, 5.41) is 4.80. The Bertz CT molecular complexity index is 1060. The lowest BCUT2D eigenvalue weighted by Gasteiger charge is -2.29. The predicted molar refractivity (Wildman–Crippen MR) is 121 cm³/mol. The molecule has 5 rings (SSSR count). The molecule has 0 saturated heterocycles. The smallest absolute Gasteiger partial charge is 0.169 e. The van der Waals surface area contributed by atoms with Gasteiger partial charge in [0.2, 0.25) is 0 Å². The second-order valence-corrected chi connectivity index (χ2v) is 9.87. The van der Waals surface area contributed by atoms with E-state index in [1.165, 1.54) is 15.3 Å². The standard InChI is InChI=1S/C24H27N3OS/c1-14-2-11-22(29-14)16-5-10-21-19(12-16)23(27-18-8-6-17(25)7-9-18)20(13-26-21)24(28)15-3-4-15/h2,5,10-13,15,17-18H,3-4,6-9,25H2,1H3,(H,26,27)/t17-,18-. The Balaban J connectivity index is 1.60. The van der Waals surface area contributed by atoms with Crippen molar-refractivity contribution in [2.24, 2.45) is 11.7 Å². The largest absolute Gasteiger partial charge is 0.381 e. The molecule has 0 bridgehead atoms. The number of nitrogens with two attached hydrogens (primary N) is 1. The van der Waals surface area contributed by atoms with Crippen LogP contribution in [0.5, 0.6) is 0 Å². The highest BCUT2D eigenvalue weighted by atomic mass is 32.1. The van der Waals surface area contributed by atoms with Crippen LogP contribution in [0.3, 0.4) is 0 Å². The number of anilines is 1. The number of hydrogen-bond donors (Lipinski definition) is 2. The topological polar surface area (TPSA) is 68.0 Å². The summed E-state index contributed by atoms with van der Waals surface area (Å²) in [7, 11) is 0. The van der Waals surface area contributed by atoms with Crippen LogP contribution < -0.4 is 11.1 Å². The maximum atomic E-state index is 13.0. The quantitative estimate of drug-likeness (QED) is 0.546. The van der Waals surface area contributed by atoms with Crippen LogP contribution in [-0.4, -0.2) is 22.9 Å². The van der Waals surface area contributed by atoms with E-state index in [0.29, 0.717) is 12.1 Å². The third-order valence-corrected chi connectivity index (χ3v) is 7.28. The molecule has 2 fully saturated rings. The fraction of sp³-hybridized carbons (Fsp3) is 0.417. The zero-order chi connectivity index (χ0) is 20.0. The van der Waals surface area contributed by atoms with Crippen molar-refractivity contribution < 1.29 is 4.79 Å². The van der Waals surface area contributed by atoms with Gasteiger partial charge in [0.1, 0.15) is 0 Å². The minimum Gasteiger partial charge on any atom is -0.381 e. The molecule has 2 heterocycles. The van der Waals surface area contributed by atoms with Gasteiger partial charge >= 0.3 is 0 Å². The van der Waals surface area contributed by atoms with Gasteiger partial charge in [0.05, 0.1) is 16.8 Å². The van der Waals surface area contributed by atoms with E-state index in [2.05, 4.69) is 47.6 Å². The lowest BCUT2D eigenvalue weighted by atomic mass is 9.91. The number of aryl methyl sites for hydroxylation is 1. The maximum Gasteiger partial charge on any atom is 0.169 e. The summed E-state index contributed by atoms with van der Waals surface area (Å²) < 4.78 is 0. The number of nitrogens with one attached hydrogen (secondary N) is 1. The molecule has 2 aromatic heterocycles. The number of ketones is 1. The third-order valence-electron chi connectivity index (χ3n) is 6.23. The Morgan fingerprint density at radius 3 is 2.59 bits per heavy atom. The summed E-state index contributed by atoms with van der Waals surface area (Å²) in [6, 6.07) is 11.4. The molecule has 3 N–H and O–H groups in total. The highest BCUT2D eigenvalue weighted by Crippen LogP contribution is 2.39. The van der Waals surface area contributed by atoms with Gasteiger partial charge in [-0.2, -0.15) is 0 Å². The first-order chi connectivity index (χ1) is 14.1. The van der Waals surface area contributed by atoms with Crippen molar-refractivity contribution in [3.8, 4) is 10.4 Å². The number of aromatic nitrogens is 1. The first kappa shape index (κ1) is 18.8. The normalized spacial score (nSPS) is 22.0. The SMILES string of the molecule is Cc1ccc(-c2ccc3ncc(C(=O)C4CC4)c(N[C@H]4CC[C@H](N)CC4)c3c2)s1. The van der Waals surface area contributed by atoms with E-state index >= 15 is 0 Å². The van der Waals surface area contributed by atoms with Gasteiger partial charge in [-0.15, -0.1) is 11.3 Å². The van der Waals surface area contributed by atoms with Gasteiger partial charge < -0.3 is 11.1 Å². The van der Waals surface area contributed by atoms with Crippen molar-refractivity contribution in [2.75, 3.05) is 5.32 Å². The second kappa shape index (κ2) is 7.54. The molecule has 5 heteroatoms. The molecular formula is C24H27N3OS. The van der Waals surface area contributed by atoms with Crippen molar-refractivity contribution in [1.29, 1.82) is 0 Å². The Morgan fingerprint density at radius 1 is 1.10 bits per heavy atom. The van der Waals surface area contributed by atoms with Crippen molar-refractivity contribution >= 4 is 33.7 Å². The molecule has 0 amide bonds. The number of fused-ring (bicyclic) bond motifs is 1. The molecule has 3 aromatic rings. The molecule has 0 unspecified atom stereocenters. The van der Waals surface area contributed by atoms with Crippen molar-refractivity contribution in [3.05, 3.63) is 47.0 Å². The summed E-state index contributed by atoms with van der Waals surface area (Å²) in [6.45, 7) is 2.13. The van der Waals surface area contributed by atoms with Gasteiger partial charge in [-0.1, -0.05) is 6.07 Å². The molecule has 2 aliphatic rings. The van der Waals surface area contributed by atoms with Crippen LogP contribution in [0, 0.1) is 12.8 Å². The van der Waals surface area contributed by atoms with Gasteiger partial charge in [-0.05, 0) is 75.3 Å². The molecule has 0 radical (unpaired) electrons. The average molecular weight is 406 g/mol. The third kappa shape index (κ3) is 3.81. The van der Waals surface area contributed by atoms with Crippen molar-refractivity contribution in [1.82, 2.24) is 4.98 Å². The van der Waals surface area contributed by atoms with E-state index in [-0.39, 0.29) is 11.7 Å². The van der Waals surface area contributed by atoms with Crippen LogP contribution in [0.1, 0.15) is 53.8 Å². The van der Waals surface area contributed by atoms with E-state index in [4.69, 9.17) is 5.73 Å². The van der Waals surface area contributed by atoms with Crippen LogP contribution in [0.25, 0.3) is 21.3 Å². The van der Waals surface area contributed by atoms with Crippen molar-refractivity contribution in [3.63, 3.8) is 0 Å². The van der Waals surface area contributed by atoms with E-state index in [9.17, 15) is 4.79 Å². The summed E-state index contributed by atoms with van der Waals surface area (Å²) in [5.41, 5.74) is 9.95. The summed E-state index contributed by atoms with van der Waals surface area (Å²) in [6.07, 6.45) is 7.96.